The normalized spacial score (nSPS) is 38.2. The van der Waals surface area contributed by atoms with Crippen molar-refractivity contribution in [3.8, 4) is 0 Å². The topological polar surface area (TPSA) is 38.0 Å². The van der Waals surface area contributed by atoms with Crippen molar-refractivity contribution in [2.45, 2.75) is 76.7 Å². The number of fused-ring (bicyclic) bond motifs is 1. The molecule has 4 unspecified atom stereocenters. The van der Waals surface area contributed by atoms with Crippen LogP contribution in [0, 0.1) is 23.7 Å². The van der Waals surface area contributed by atoms with Gasteiger partial charge in [0.25, 0.3) is 0 Å². The maximum Gasteiger partial charge on any atom is 0.0239 e. The molecule has 4 atom stereocenters. The molecule has 3 N–H and O–H groups in total. The molecule has 104 valence electrons. The second-order valence-electron chi connectivity index (χ2n) is 7.17. The lowest BCUT2D eigenvalue weighted by atomic mass is 9.66. The molecular formula is C16H30N2. The maximum absolute atomic E-state index is 5.83. The van der Waals surface area contributed by atoms with Crippen molar-refractivity contribution in [1.29, 1.82) is 0 Å². The summed E-state index contributed by atoms with van der Waals surface area (Å²) in [6.07, 6.45) is 16.1. The summed E-state index contributed by atoms with van der Waals surface area (Å²) in [5, 5.41) is 0. The maximum atomic E-state index is 5.83. The third-order valence-corrected chi connectivity index (χ3v) is 5.95. The fraction of sp³-hybridized carbons (Fsp3) is 1.00. The molecule has 2 nitrogen and oxygen atoms in total. The third kappa shape index (κ3) is 3.08. The lowest BCUT2D eigenvalue weighted by molar-refractivity contribution is 0.106. The summed E-state index contributed by atoms with van der Waals surface area (Å²) in [7, 11) is 0. The van der Waals surface area contributed by atoms with E-state index in [9.17, 15) is 0 Å². The molecule has 3 aliphatic carbocycles. The molecule has 0 saturated heterocycles. The van der Waals surface area contributed by atoms with Gasteiger partial charge in [-0.15, -0.1) is 0 Å². The highest BCUT2D eigenvalue weighted by Gasteiger charge is 2.35. The summed E-state index contributed by atoms with van der Waals surface area (Å²) in [5.41, 5.74) is 3.15. The lowest BCUT2D eigenvalue weighted by Crippen LogP contribution is -2.44. The molecule has 3 fully saturated rings. The minimum absolute atomic E-state index is 0.605. The van der Waals surface area contributed by atoms with Crippen LogP contribution in [0.4, 0.5) is 0 Å². The van der Waals surface area contributed by atoms with E-state index in [0.717, 1.165) is 23.7 Å². The van der Waals surface area contributed by atoms with Crippen LogP contribution < -0.4 is 11.3 Å². The first-order valence-electron chi connectivity index (χ1n) is 8.33. The first-order chi connectivity index (χ1) is 8.86. The Hall–Kier alpha value is -0.0800. The van der Waals surface area contributed by atoms with Gasteiger partial charge in [0.2, 0.25) is 0 Å². The molecule has 18 heavy (non-hydrogen) atoms. The Labute approximate surface area is 112 Å². The van der Waals surface area contributed by atoms with Crippen molar-refractivity contribution in [2.75, 3.05) is 0 Å². The van der Waals surface area contributed by atoms with Crippen molar-refractivity contribution in [1.82, 2.24) is 5.43 Å². The van der Waals surface area contributed by atoms with Gasteiger partial charge in [-0.2, -0.15) is 0 Å². The van der Waals surface area contributed by atoms with E-state index in [2.05, 4.69) is 5.43 Å². The van der Waals surface area contributed by atoms with Crippen LogP contribution in [-0.2, 0) is 0 Å². The van der Waals surface area contributed by atoms with E-state index < -0.39 is 0 Å². The van der Waals surface area contributed by atoms with Crippen molar-refractivity contribution >= 4 is 0 Å². The van der Waals surface area contributed by atoms with Gasteiger partial charge in [-0.05, 0) is 55.8 Å². The van der Waals surface area contributed by atoms with Gasteiger partial charge in [-0.3, -0.25) is 11.3 Å². The number of hydrogen-bond acceptors (Lipinski definition) is 2. The molecule has 2 heteroatoms. The van der Waals surface area contributed by atoms with E-state index in [1.165, 1.54) is 70.6 Å². The summed E-state index contributed by atoms with van der Waals surface area (Å²) < 4.78 is 0. The largest absolute Gasteiger partial charge is 0.271 e. The molecule has 0 amide bonds. The average Bonchev–Trinajstić information content (AvgIpc) is 3.23. The zero-order valence-electron chi connectivity index (χ0n) is 11.7. The van der Waals surface area contributed by atoms with Gasteiger partial charge < -0.3 is 0 Å². The summed E-state index contributed by atoms with van der Waals surface area (Å²) in [6, 6.07) is 0.605. The predicted octanol–water partition coefficient (Wildman–Crippen LogP) is 3.62. The zero-order valence-corrected chi connectivity index (χ0v) is 11.7. The molecule has 0 aromatic rings. The highest BCUT2D eigenvalue weighted by atomic mass is 15.2. The molecule has 0 radical (unpaired) electrons. The first kappa shape index (κ1) is 12.9. The first-order valence-corrected chi connectivity index (χ1v) is 8.33. The summed E-state index contributed by atoms with van der Waals surface area (Å²) in [5.74, 6) is 9.85. The average molecular weight is 250 g/mol. The molecule has 0 aromatic carbocycles. The standard InChI is InChI=1S/C16H30N2/c17-18-16(10-7-12-5-6-12)15-9-8-13-3-1-2-4-14(13)11-15/h12-16,18H,1-11,17H2. The summed E-state index contributed by atoms with van der Waals surface area (Å²) in [6.45, 7) is 0. The number of hydrazine groups is 1. The zero-order chi connectivity index (χ0) is 12.4. The van der Waals surface area contributed by atoms with E-state index in [0.29, 0.717) is 6.04 Å². The van der Waals surface area contributed by atoms with Crippen LogP contribution >= 0.6 is 0 Å². The minimum Gasteiger partial charge on any atom is -0.271 e. The fourth-order valence-corrected chi connectivity index (χ4v) is 4.55. The van der Waals surface area contributed by atoms with Gasteiger partial charge in [0, 0.05) is 6.04 Å². The van der Waals surface area contributed by atoms with Gasteiger partial charge in [-0.1, -0.05) is 38.5 Å². The summed E-state index contributed by atoms with van der Waals surface area (Å²) in [4.78, 5) is 0. The molecule has 0 spiro atoms. The monoisotopic (exact) mass is 250 g/mol. The number of hydrogen-bond donors (Lipinski definition) is 2. The molecule has 3 rings (SSSR count). The van der Waals surface area contributed by atoms with Crippen LogP contribution in [0.25, 0.3) is 0 Å². The summed E-state index contributed by atoms with van der Waals surface area (Å²) >= 11 is 0. The van der Waals surface area contributed by atoms with E-state index in [1.54, 1.807) is 0 Å². The minimum atomic E-state index is 0.605. The Morgan fingerprint density at radius 1 is 0.944 bits per heavy atom. The molecule has 0 bridgehead atoms. The Kier molecular flexibility index (Phi) is 4.25. The van der Waals surface area contributed by atoms with Gasteiger partial charge >= 0.3 is 0 Å². The molecule has 0 aliphatic heterocycles. The van der Waals surface area contributed by atoms with Crippen LogP contribution in [0.1, 0.15) is 70.6 Å². The highest BCUT2D eigenvalue weighted by molar-refractivity contribution is 4.88. The van der Waals surface area contributed by atoms with Crippen LogP contribution in [-0.4, -0.2) is 6.04 Å². The van der Waals surface area contributed by atoms with Gasteiger partial charge in [0.15, 0.2) is 0 Å². The number of nitrogens with one attached hydrogen (secondary N) is 1. The van der Waals surface area contributed by atoms with Crippen LogP contribution in [0.3, 0.4) is 0 Å². The quantitative estimate of drug-likeness (QED) is 0.578. The number of nitrogens with two attached hydrogens (primary N) is 1. The van der Waals surface area contributed by atoms with Crippen LogP contribution in [0.15, 0.2) is 0 Å². The SMILES string of the molecule is NNC(CCC1CC1)C1CCC2CCCCC2C1. The van der Waals surface area contributed by atoms with E-state index >= 15 is 0 Å². The van der Waals surface area contributed by atoms with Crippen LogP contribution in [0.2, 0.25) is 0 Å². The van der Waals surface area contributed by atoms with Crippen molar-refractivity contribution in [3.05, 3.63) is 0 Å². The Morgan fingerprint density at radius 3 is 2.44 bits per heavy atom. The van der Waals surface area contributed by atoms with Crippen molar-refractivity contribution in [3.63, 3.8) is 0 Å². The fourth-order valence-electron chi connectivity index (χ4n) is 4.55. The van der Waals surface area contributed by atoms with E-state index in [-0.39, 0.29) is 0 Å². The second-order valence-corrected chi connectivity index (χ2v) is 7.17. The third-order valence-electron chi connectivity index (χ3n) is 5.95. The Morgan fingerprint density at radius 2 is 1.72 bits per heavy atom. The Balaban J connectivity index is 1.50. The molecular weight excluding hydrogens is 220 g/mol. The molecule has 3 saturated carbocycles. The molecule has 0 aromatic heterocycles. The lowest BCUT2D eigenvalue weighted by Gasteiger charge is -2.42. The van der Waals surface area contributed by atoms with Gasteiger partial charge in [-0.25, -0.2) is 0 Å². The molecule has 3 aliphatic rings. The van der Waals surface area contributed by atoms with Gasteiger partial charge in [0.1, 0.15) is 0 Å². The van der Waals surface area contributed by atoms with Gasteiger partial charge in [0.05, 0.1) is 0 Å². The van der Waals surface area contributed by atoms with Crippen LogP contribution in [0.5, 0.6) is 0 Å². The number of rotatable bonds is 5. The second kappa shape index (κ2) is 5.92. The Bertz CT molecular complexity index is 262. The van der Waals surface area contributed by atoms with E-state index in [4.69, 9.17) is 5.84 Å². The smallest absolute Gasteiger partial charge is 0.0239 e. The predicted molar refractivity (Wildman–Crippen MR) is 75.9 cm³/mol. The van der Waals surface area contributed by atoms with Crippen molar-refractivity contribution < 1.29 is 0 Å². The van der Waals surface area contributed by atoms with Crippen molar-refractivity contribution in [2.24, 2.45) is 29.5 Å². The molecule has 0 heterocycles. The highest BCUT2D eigenvalue weighted by Crippen LogP contribution is 2.44. The van der Waals surface area contributed by atoms with E-state index in [1.807, 2.05) is 0 Å².